The van der Waals surface area contributed by atoms with Crippen molar-refractivity contribution in [3.8, 4) is 11.1 Å². The highest BCUT2D eigenvalue weighted by atomic mass is 19.3. The van der Waals surface area contributed by atoms with Crippen LogP contribution in [0, 0.1) is 0 Å². The number of halogens is 2. The lowest BCUT2D eigenvalue weighted by molar-refractivity contribution is -0.231. The number of ether oxygens (including phenoxy) is 1. The van der Waals surface area contributed by atoms with E-state index in [2.05, 4.69) is 23.8 Å². The van der Waals surface area contributed by atoms with E-state index in [9.17, 15) is 8.78 Å². The smallest absolute Gasteiger partial charge is 0.320 e. The van der Waals surface area contributed by atoms with Gasteiger partial charge in [-0.15, -0.1) is 0 Å². The predicted molar refractivity (Wildman–Crippen MR) is 76.8 cm³/mol. The zero-order valence-electron chi connectivity index (χ0n) is 11.7. The molecule has 0 aliphatic rings. The summed E-state index contributed by atoms with van der Waals surface area (Å²) in [6.45, 7) is 2.14. The Balaban J connectivity index is 2.21. The Kier molecular flexibility index (Phi) is 4.50. The van der Waals surface area contributed by atoms with Gasteiger partial charge in [-0.05, 0) is 35.2 Å². The Bertz CT molecular complexity index is 544. The molecule has 0 atom stereocenters. The largest absolute Gasteiger partial charge is 0.383 e. The molecule has 2 aromatic carbocycles. The van der Waals surface area contributed by atoms with Crippen LogP contribution in [0.25, 0.3) is 11.1 Å². The number of alkyl halides is 2. The molecule has 20 heavy (non-hydrogen) atoms. The number of benzene rings is 2. The van der Waals surface area contributed by atoms with Gasteiger partial charge in [-0.2, -0.15) is 8.78 Å². The summed E-state index contributed by atoms with van der Waals surface area (Å²) in [6, 6.07) is 14.4. The molecule has 0 fully saturated rings. The topological polar surface area (TPSA) is 9.23 Å². The van der Waals surface area contributed by atoms with Crippen LogP contribution in [-0.2, 0) is 17.3 Å². The lowest BCUT2D eigenvalue weighted by Gasteiger charge is -2.14. The van der Waals surface area contributed by atoms with E-state index in [0.29, 0.717) is 0 Å². The van der Waals surface area contributed by atoms with Gasteiger partial charge in [0.1, 0.15) is 0 Å². The van der Waals surface area contributed by atoms with E-state index in [0.717, 1.165) is 31.1 Å². The van der Waals surface area contributed by atoms with Crippen LogP contribution < -0.4 is 0 Å². The molecule has 0 aliphatic heterocycles. The molecule has 0 spiro atoms. The summed E-state index contributed by atoms with van der Waals surface area (Å²) in [6.07, 6.45) is -1.07. The lowest BCUT2D eigenvalue weighted by Crippen LogP contribution is -2.15. The zero-order valence-corrected chi connectivity index (χ0v) is 11.7. The number of aryl methyl sites for hydroxylation is 1. The fraction of sp³-hybridized carbons (Fsp3) is 0.294. The molecule has 2 aromatic rings. The van der Waals surface area contributed by atoms with Crippen molar-refractivity contribution in [3.05, 3.63) is 59.7 Å². The highest BCUT2D eigenvalue weighted by Gasteiger charge is 2.30. The first kappa shape index (κ1) is 14.7. The summed E-state index contributed by atoms with van der Waals surface area (Å²) in [4.78, 5) is 0. The van der Waals surface area contributed by atoms with Gasteiger partial charge in [-0.1, -0.05) is 49.7 Å². The Hall–Kier alpha value is -1.74. The van der Waals surface area contributed by atoms with Gasteiger partial charge < -0.3 is 4.74 Å². The molecule has 0 unspecified atom stereocenters. The minimum atomic E-state index is -3.23. The van der Waals surface area contributed by atoms with Crippen LogP contribution in [0.3, 0.4) is 0 Å². The van der Waals surface area contributed by atoms with Crippen molar-refractivity contribution in [2.24, 2.45) is 0 Å². The minimum absolute atomic E-state index is 0.133. The number of methoxy groups -OCH3 is 1. The quantitative estimate of drug-likeness (QED) is 0.746. The summed E-state index contributed by atoms with van der Waals surface area (Å²) in [5.41, 5.74) is 3.10. The van der Waals surface area contributed by atoms with Crippen LogP contribution in [0.15, 0.2) is 48.5 Å². The fourth-order valence-corrected chi connectivity index (χ4v) is 2.13. The molecule has 0 N–H and O–H groups in total. The van der Waals surface area contributed by atoms with Gasteiger partial charge >= 0.3 is 6.11 Å². The third kappa shape index (κ3) is 3.23. The second kappa shape index (κ2) is 6.14. The molecule has 106 valence electrons. The Morgan fingerprint density at radius 1 is 0.900 bits per heavy atom. The highest BCUT2D eigenvalue weighted by molar-refractivity contribution is 5.64. The first-order valence-corrected chi connectivity index (χ1v) is 6.69. The zero-order chi connectivity index (χ0) is 14.6. The van der Waals surface area contributed by atoms with E-state index in [1.165, 1.54) is 17.7 Å². The molecule has 0 amide bonds. The third-order valence-corrected chi connectivity index (χ3v) is 3.30. The summed E-state index contributed by atoms with van der Waals surface area (Å²) >= 11 is 0. The van der Waals surface area contributed by atoms with Crippen LogP contribution in [0.1, 0.15) is 24.5 Å². The average molecular weight is 276 g/mol. The van der Waals surface area contributed by atoms with Crippen LogP contribution >= 0.6 is 0 Å². The molecular weight excluding hydrogens is 258 g/mol. The first-order chi connectivity index (χ1) is 9.56. The van der Waals surface area contributed by atoms with Crippen molar-refractivity contribution in [3.63, 3.8) is 0 Å². The first-order valence-electron chi connectivity index (χ1n) is 6.69. The van der Waals surface area contributed by atoms with Crippen molar-refractivity contribution in [2.75, 3.05) is 7.11 Å². The second-order valence-corrected chi connectivity index (χ2v) is 4.75. The molecule has 0 saturated heterocycles. The van der Waals surface area contributed by atoms with Gasteiger partial charge in [-0.3, -0.25) is 0 Å². The Morgan fingerprint density at radius 3 is 1.85 bits per heavy atom. The molecule has 1 nitrogen and oxygen atoms in total. The maximum Gasteiger partial charge on any atom is 0.383 e. The van der Waals surface area contributed by atoms with Crippen LogP contribution in [0.5, 0.6) is 0 Å². The van der Waals surface area contributed by atoms with E-state index < -0.39 is 6.11 Å². The van der Waals surface area contributed by atoms with Crippen molar-refractivity contribution < 1.29 is 13.5 Å². The molecule has 0 aliphatic carbocycles. The van der Waals surface area contributed by atoms with Gasteiger partial charge in [0.05, 0.1) is 5.56 Å². The molecule has 0 saturated carbocycles. The van der Waals surface area contributed by atoms with Crippen LogP contribution in [-0.4, -0.2) is 7.11 Å². The molecule has 3 heteroatoms. The molecule has 0 bridgehead atoms. The predicted octanol–water partition coefficient (Wildman–Crippen LogP) is 5.00. The normalized spacial score (nSPS) is 11.6. The monoisotopic (exact) mass is 276 g/mol. The number of rotatable bonds is 5. The van der Waals surface area contributed by atoms with Gasteiger partial charge in [0, 0.05) is 7.11 Å². The summed E-state index contributed by atoms with van der Waals surface area (Å²) in [7, 11) is 1.00. The van der Waals surface area contributed by atoms with Gasteiger partial charge in [0.25, 0.3) is 0 Å². The van der Waals surface area contributed by atoms with E-state index in [4.69, 9.17) is 0 Å². The summed E-state index contributed by atoms with van der Waals surface area (Å²) in [5.74, 6) is 0. The van der Waals surface area contributed by atoms with Crippen molar-refractivity contribution >= 4 is 0 Å². The summed E-state index contributed by atoms with van der Waals surface area (Å²) < 4.78 is 30.8. The van der Waals surface area contributed by atoms with E-state index in [1.54, 1.807) is 12.1 Å². The van der Waals surface area contributed by atoms with Gasteiger partial charge in [-0.25, -0.2) is 0 Å². The van der Waals surface area contributed by atoms with E-state index >= 15 is 0 Å². The SMILES string of the molecule is CCCc1ccc(-c2ccc(C(F)(F)OC)cc2)cc1. The Morgan fingerprint density at radius 2 is 1.40 bits per heavy atom. The standard InChI is InChI=1S/C17H18F2O/c1-3-4-13-5-7-14(8-6-13)15-9-11-16(12-10-15)17(18,19)20-2/h5-12H,3-4H2,1-2H3. The van der Waals surface area contributed by atoms with Crippen molar-refractivity contribution in [1.82, 2.24) is 0 Å². The van der Waals surface area contributed by atoms with Crippen LogP contribution in [0.2, 0.25) is 0 Å². The Labute approximate surface area is 118 Å². The maximum absolute atomic E-state index is 13.3. The van der Waals surface area contributed by atoms with Gasteiger partial charge in [0.15, 0.2) is 0 Å². The average Bonchev–Trinajstić information content (AvgIpc) is 2.48. The van der Waals surface area contributed by atoms with Crippen molar-refractivity contribution in [2.45, 2.75) is 25.9 Å². The second-order valence-electron chi connectivity index (χ2n) is 4.75. The molecule has 0 heterocycles. The maximum atomic E-state index is 13.3. The number of hydrogen-bond acceptors (Lipinski definition) is 1. The van der Waals surface area contributed by atoms with E-state index in [1.807, 2.05) is 12.1 Å². The van der Waals surface area contributed by atoms with E-state index in [-0.39, 0.29) is 5.56 Å². The molecule has 0 radical (unpaired) electrons. The third-order valence-electron chi connectivity index (χ3n) is 3.30. The summed E-state index contributed by atoms with van der Waals surface area (Å²) in [5, 5.41) is 0. The van der Waals surface area contributed by atoms with Gasteiger partial charge in [0.2, 0.25) is 0 Å². The highest BCUT2D eigenvalue weighted by Crippen LogP contribution is 2.30. The van der Waals surface area contributed by atoms with Crippen molar-refractivity contribution in [1.29, 1.82) is 0 Å². The fourth-order valence-electron chi connectivity index (χ4n) is 2.13. The number of hydrogen-bond donors (Lipinski definition) is 0. The minimum Gasteiger partial charge on any atom is -0.320 e. The molecular formula is C17H18F2O. The lowest BCUT2D eigenvalue weighted by atomic mass is 10.0. The molecule has 0 aromatic heterocycles. The van der Waals surface area contributed by atoms with Crippen LogP contribution in [0.4, 0.5) is 8.78 Å². The molecule has 2 rings (SSSR count).